The summed E-state index contributed by atoms with van der Waals surface area (Å²) in [7, 11) is 0. The minimum atomic E-state index is 1.09. The lowest BCUT2D eigenvalue weighted by Crippen LogP contribution is -2.09. The third-order valence-corrected chi connectivity index (χ3v) is 2.72. The van der Waals surface area contributed by atoms with Crippen LogP contribution in [0.15, 0.2) is 0 Å². The van der Waals surface area contributed by atoms with Gasteiger partial charge in [0, 0.05) is 0 Å². The number of fused-ring (bicyclic) bond motifs is 1. The van der Waals surface area contributed by atoms with Gasteiger partial charge in [-0.1, -0.05) is 33.1 Å². The smallest absolute Gasteiger partial charge is 0.00775 e. The zero-order valence-corrected chi connectivity index (χ0v) is 7.90. The fraction of sp³-hybridized carbons (Fsp3) is 1.00. The summed E-state index contributed by atoms with van der Waals surface area (Å²) >= 11 is 0. The molecule has 0 aromatic heterocycles. The molecule has 0 aromatic rings. The van der Waals surface area contributed by atoms with E-state index in [2.05, 4.69) is 19.2 Å². The molecule has 0 spiro atoms. The number of hydrogen-bond acceptors (Lipinski definition) is 1. The van der Waals surface area contributed by atoms with Gasteiger partial charge in [0.1, 0.15) is 0 Å². The van der Waals surface area contributed by atoms with E-state index in [0.717, 1.165) is 13.1 Å². The first-order chi connectivity index (χ1) is 5.38. The Morgan fingerprint density at radius 3 is 1.73 bits per heavy atom. The largest absolute Gasteiger partial charge is 0.317 e. The van der Waals surface area contributed by atoms with Gasteiger partial charge in [-0.25, -0.2) is 0 Å². The minimum Gasteiger partial charge on any atom is -0.317 e. The zero-order chi connectivity index (χ0) is 8.10. The third kappa shape index (κ3) is 3.24. The molecule has 0 aliphatic heterocycles. The minimum absolute atomic E-state index is 1.09. The summed E-state index contributed by atoms with van der Waals surface area (Å²) in [6, 6.07) is 0. The molecule has 11 heavy (non-hydrogen) atoms. The predicted octanol–water partition coefficient (Wildman–Crippen LogP) is 2.42. The molecule has 2 atom stereocenters. The van der Waals surface area contributed by atoms with E-state index in [4.69, 9.17) is 0 Å². The normalized spacial score (nSPS) is 32.2. The highest BCUT2D eigenvalue weighted by molar-refractivity contribution is 4.91. The maximum Gasteiger partial charge on any atom is -0.00775 e. The van der Waals surface area contributed by atoms with Gasteiger partial charge in [-0.2, -0.15) is 0 Å². The van der Waals surface area contributed by atoms with Gasteiger partial charge in [-0.15, -0.1) is 0 Å². The molecule has 66 valence electrons. The Hall–Kier alpha value is -0.0400. The monoisotopic (exact) mass is 155 g/mol. The molecule has 0 bridgehead atoms. The standard InChI is InChI=1S/C6H10.C4H11N/c1-2-5-4-6(5)3-1;1-3-5-4-2/h5-6H,1-4H2;5H,3-4H2,1-2H3. The Kier molecular flexibility index (Phi) is 3.92. The van der Waals surface area contributed by atoms with Crippen molar-refractivity contribution in [2.75, 3.05) is 13.1 Å². The maximum absolute atomic E-state index is 3.11. The predicted molar refractivity (Wildman–Crippen MR) is 49.7 cm³/mol. The van der Waals surface area contributed by atoms with Crippen LogP contribution < -0.4 is 5.32 Å². The van der Waals surface area contributed by atoms with Crippen molar-refractivity contribution < 1.29 is 0 Å². The van der Waals surface area contributed by atoms with E-state index in [1.165, 1.54) is 18.3 Å². The molecule has 0 amide bonds. The van der Waals surface area contributed by atoms with Crippen LogP contribution in [0.2, 0.25) is 0 Å². The molecule has 1 N–H and O–H groups in total. The van der Waals surface area contributed by atoms with Crippen molar-refractivity contribution in [1.29, 1.82) is 0 Å². The SMILES string of the molecule is C1CC2CC2C1.CCNCC. The number of hydrogen-bond donors (Lipinski definition) is 1. The summed E-state index contributed by atoms with van der Waals surface area (Å²) in [6.45, 7) is 6.39. The third-order valence-electron chi connectivity index (χ3n) is 2.72. The van der Waals surface area contributed by atoms with E-state index in [1.54, 1.807) is 19.3 Å². The van der Waals surface area contributed by atoms with E-state index >= 15 is 0 Å². The second-order valence-corrected chi connectivity index (χ2v) is 3.64. The molecular formula is C10H21N. The van der Waals surface area contributed by atoms with Gasteiger partial charge in [0.05, 0.1) is 0 Å². The molecule has 2 fully saturated rings. The average Bonchev–Trinajstić information content (AvgIpc) is 2.62. The molecule has 2 saturated carbocycles. The van der Waals surface area contributed by atoms with Crippen LogP contribution in [-0.2, 0) is 0 Å². The second kappa shape index (κ2) is 4.76. The van der Waals surface area contributed by atoms with Crippen LogP contribution in [0.1, 0.15) is 39.5 Å². The summed E-state index contributed by atoms with van der Waals surface area (Å²) in [6.07, 6.45) is 6.24. The van der Waals surface area contributed by atoms with Crippen LogP contribution in [0.25, 0.3) is 0 Å². The van der Waals surface area contributed by atoms with Gasteiger partial charge in [-0.3, -0.25) is 0 Å². The van der Waals surface area contributed by atoms with Crippen LogP contribution in [0.4, 0.5) is 0 Å². The molecule has 2 aliphatic carbocycles. The Labute approximate surface area is 70.6 Å². The number of rotatable bonds is 2. The molecule has 0 radical (unpaired) electrons. The molecule has 2 aliphatic rings. The van der Waals surface area contributed by atoms with Crippen molar-refractivity contribution >= 4 is 0 Å². The van der Waals surface area contributed by atoms with E-state index in [0.29, 0.717) is 0 Å². The molecule has 1 nitrogen and oxygen atoms in total. The average molecular weight is 155 g/mol. The Morgan fingerprint density at radius 1 is 1.09 bits per heavy atom. The Morgan fingerprint density at radius 2 is 1.64 bits per heavy atom. The van der Waals surface area contributed by atoms with Gasteiger partial charge in [0.2, 0.25) is 0 Å². The summed E-state index contributed by atoms with van der Waals surface area (Å²) in [5.74, 6) is 2.43. The first-order valence-electron chi connectivity index (χ1n) is 5.09. The molecular weight excluding hydrogens is 134 g/mol. The van der Waals surface area contributed by atoms with Crippen molar-refractivity contribution in [3.05, 3.63) is 0 Å². The van der Waals surface area contributed by atoms with Gasteiger partial charge >= 0.3 is 0 Å². The van der Waals surface area contributed by atoms with Crippen LogP contribution >= 0.6 is 0 Å². The highest BCUT2D eigenvalue weighted by atomic mass is 14.8. The van der Waals surface area contributed by atoms with Crippen molar-refractivity contribution in [2.24, 2.45) is 11.8 Å². The molecule has 0 heterocycles. The van der Waals surface area contributed by atoms with Crippen molar-refractivity contribution in [3.8, 4) is 0 Å². The molecule has 2 unspecified atom stereocenters. The van der Waals surface area contributed by atoms with Crippen LogP contribution in [0, 0.1) is 11.8 Å². The van der Waals surface area contributed by atoms with Gasteiger partial charge in [0.25, 0.3) is 0 Å². The van der Waals surface area contributed by atoms with Crippen molar-refractivity contribution in [2.45, 2.75) is 39.5 Å². The van der Waals surface area contributed by atoms with E-state index < -0.39 is 0 Å². The number of nitrogens with one attached hydrogen (secondary N) is 1. The van der Waals surface area contributed by atoms with Gasteiger partial charge in [-0.05, 0) is 31.3 Å². The maximum atomic E-state index is 3.11. The highest BCUT2D eigenvalue weighted by Crippen LogP contribution is 2.51. The molecule has 1 heteroatoms. The van der Waals surface area contributed by atoms with E-state index in [9.17, 15) is 0 Å². The first-order valence-corrected chi connectivity index (χ1v) is 5.09. The summed E-state index contributed by atoms with van der Waals surface area (Å²) in [5.41, 5.74) is 0. The second-order valence-electron chi connectivity index (χ2n) is 3.64. The highest BCUT2D eigenvalue weighted by Gasteiger charge is 2.40. The zero-order valence-electron chi connectivity index (χ0n) is 7.90. The fourth-order valence-electron chi connectivity index (χ4n) is 1.91. The fourth-order valence-corrected chi connectivity index (χ4v) is 1.91. The van der Waals surface area contributed by atoms with Gasteiger partial charge < -0.3 is 5.32 Å². The molecule has 0 saturated heterocycles. The Bertz CT molecular complexity index is 91.0. The topological polar surface area (TPSA) is 12.0 Å². The van der Waals surface area contributed by atoms with E-state index in [1.807, 2.05) is 0 Å². The molecule has 0 aromatic carbocycles. The lowest BCUT2D eigenvalue weighted by atomic mass is 10.3. The summed E-state index contributed by atoms with van der Waals surface area (Å²) in [5, 5.41) is 3.11. The first kappa shape index (κ1) is 9.05. The van der Waals surface area contributed by atoms with E-state index in [-0.39, 0.29) is 0 Å². The van der Waals surface area contributed by atoms with Crippen LogP contribution in [-0.4, -0.2) is 13.1 Å². The molecule has 2 rings (SSSR count). The summed E-state index contributed by atoms with van der Waals surface area (Å²) < 4.78 is 0. The Balaban J connectivity index is 0.000000114. The lowest BCUT2D eigenvalue weighted by Gasteiger charge is -1.86. The van der Waals surface area contributed by atoms with Crippen molar-refractivity contribution in [1.82, 2.24) is 5.32 Å². The van der Waals surface area contributed by atoms with Crippen molar-refractivity contribution in [3.63, 3.8) is 0 Å². The quantitative estimate of drug-likeness (QED) is 0.646. The lowest BCUT2D eigenvalue weighted by molar-refractivity contribution is 0.735. The summed E-state index contributed by atoms with van der Waals surface area (Å²) in [4.78, 5) is 0. The van der Waals surface area contributed by atoms with Crippen LogP contribution in [0.3, 0.4) is 0 Å². The van der Waals surface area contributed by atoms with Gasteiger partial charge in [0.15, 0.2) is 0 Å². The van der Waals surface area contributed by atoms with Crippen LogP contribution in [0.5, 0.6) is 0 Å².